The van der Waals surface area contributed by atoms with Gasteiger partial charge in [0.25, 0.3) is 0 Å². The van der Waals surface area contributed by atoms with Crippen molar-refractivity contribution in [2.45, 2.75) is 32.2 Å². The van der Waals surface area contributed by atoms with Crippen LogP contribution in [0.1, 0.15) is 23.9 Å². The van der Waals surface area contributed by atoms with E-state index >= 15 is 0 Å². The molecule has 0 fully saturated rings. The number of aryl methyl sites for hydroxylation is 2. The van der Waals surface area contributed by atoms with Gasteiger partial charge >= 0.3 is 0 Å². The summed E-state index contributed by atoms with van der Waals surface area (Å²) in [6, 6.07) is 8.46. The van der Waals surface area contributed by atoms with E-state index < -0.39 is 5.41 Å². The minimum atomic E-state index is -0.829. The van der Waals surface area contributed by atoms with Crippen LogP contribution in [-0.4, -0.2) is 28.0 Å². The second-order valence-electron chi connectivity index (χ2n) is 5.39. The van der Waals surface area contributed by atoms with Gasteiger partial charge < -0.3 is 10.8 Å². The summed E-state index contributed by atoms with van der Waals surface area (Å²) in [6.07, 6.45) is 0.454. The molecule has 5 heteroatoms. The molecule has 21 heavy (non-hydrogen) atoms. The maximum Gasteiger partial charge on any atom is 0.127 e. The molecular formula is C16H22FN3O. The van der Waals surface area contributed by atoms with Crippen molar-refractivity contribution in [3.63, 3.8) is 0 Å². The first-order chi connectivity index (χ1) is 10.1. The summed E-state index contributed by atoms with van der Waals surface area (Å²) in [6.45, 7) is 4.60. The molecule has 1 aromatic carbocycles. The molecule has 0 bridgehead atoms. The van der Waals surface area contributed by atoms with Gasteiger partial charge in [-0.05, 0) is 31.5 Å². The fourth-order valence-corrected chi connectivity index (χ4v) is 2.74. The van der Waals surface area contributed by atoms with Crippen molar-refractivity contribution in [3.8, 4) is 0 Å². The molecule has 3 N–H and O–H groups in total. The van der Waals surface area contributed by atoms with Crippen LogP contribution in [0.4, 0.5) is 4.39 Å². The lowest BCUT2D eigenvalue weighted by atomic mass is 9.77. The van der Waals surface area contributed by atoms with E-state index in [4.69, 9.17) is 5.73 Å². The number of hydrogen-bond acceptors (Lipinski definition) is 3. The molecule has 1 atom stereocenters. The highest BCUT2D eigenvalue weighted by Gasteiger charge is 2.34. The van der Waals surface area contributed by atoms with Crippen molar-refractivity contribution in [2.24, 2.45) is 5.73 Å². The second kappa shape index (κ2) is 6.37. The summed E-state index contributed by atoms with van der Waals surface area (Å²) in [5.74, 6) is -0.337. The summed E-state index contributed by atoms with van der Waals surface area (Å²) in [4.78, 5) is 0. The Kier molecular flexibility index (Phi) is 4.75. The minimum Gasteiger partial charge on any atom is -0.395 e. The van der Waals surface area contributed by atoms with Gasteiger partial charge in [-0.25, -0.2) is 4.39 Å². The number of rotatable bonds is 6. The Bertz CT molecular complexity index is 605. The molecule has 0 radical (unpaired) electrons. The van der Waals surface area contributed by atoms with Gasteiger partial charge in [0.1, 0.15) is 5.82 Å². The van der Waals surface area contributed by atoms with Crippen molar-refractivity contribution < 1.29 is 9.50 Å². The minimum absolute atomic E-state index is 0.165. The standard InChI is InChI=1S/C16H22FN3O/c1-3-20-13(8-12(2)19-20)9-16(10-18,11-21)14-6-4-5-7-15(14)17/h4-8,21H,3,9-11,18H2,1-2H3. The third-order valence-corrected chi connectivity index (χ3v) is 3.94. The molecule has 0 amide bonds. The van der Waals surface area contributed by atoms with Gasteiger partial charge in [0, 0.05) is 30.6 Å². The molecular weight excluding hydrogens is 269 g/mol. The Morgan fingerprint density at radius 1 is 1.38 bits per heavy atom. The van der Waals surface area contributed by atoms with E-state index in [1.165, 1.54) is 6.07 Å². The monoisotopic (exact) mass is 291 g/mol. The third-order valence-electron chi connectivity index (χ3n) is 3.94. The predicted octanol–water partition coefficient (Wildman–Crippen LogP) is 1.78. The maximum atomic E-state index is 14.2. The van der Waals surface area contributed by atoms with Crippen LogP contribution in [0, 0.1) is 12.7 Å². The fourth-order valence-electron chi connectivity index (χ4n) is 2.74. The van der Waals surface area contributed by atoms with Crippen LogP contribution in [0.25, 0.3) is 0 Å². The molecule has 1 unspecified atom stereocenters. The summed E-state index contributed by atoms with van der Waals surface area (Å²) >= 11 is 0. The normalized spacial score (nSPS) is 14.1. The summed E-state index contributed by atoms with van der Waals surface area (Å²) < 4.78 is 16.0. The molecule has 0 aliphatic rings. The second-order valence-corrected chi connectivity index (χ2v) is 5.39. The van der Waals surface area contributed by atoms with E-state index in [9.17, 15) is 9.50 Å². The number of nitrogens with two attached hydrogens (primary N) is 1. The smallest absolute Gasteiger partial charge is 0.127 e. The van der Waals surface area contributed by atoms with Gasteiger partial charge in [0.2, 0.25) is 0 Å². The average molecular weight is 291 g/mol. The van der Waals surface area contributed by atoms with Crippen LogP contribution in [-0.2, 0) is 18.4 Å². The van der Waals surface area contributed by atoms with Crippen molar-refractivity contribution in [1.82, 2.24) is 9.78 Å². The highest BCUT2D eigenvalue weighted by atomic mass is 19.1. The molecule has 2 aromatic rings. The Morgan fingerprint density at radius 2 is 2.10 bits per heavy atom. The Hall–Kier alpha value is -1.72. The van der Waals surface area contributed by atoms with Crippen LogP contribution in [0.2, 0.25) is 0 Å². The predicted molar refractivity (Wildman–Crippen MR) is 80.6 cm³/mol. The zero-order valence-corrected chi connectivity index (χ0v) is 12.5. The number of nitrogens with zero attached hydrogens (tertiary/aromatic N) is 2. The maximum absolute atomic E-state index is 14.2. The van der Waals surface area contributed by atoms with E-state index in [0.717, 1.165) is 17.9 Å². The number of hydrogen-bond donors (Lipinski definition) is 2. The zero-order chi connectivity index (χ0) is 15.5. The Labute approximate surface area is 124 Å². The molecule has 114 valence electrons. The molecule has 0 saturated heterocycles. The van der Waals surface area contributed by atoms with Gasteiger partial charge in [-0.3, -0.25) is 4.68 Å². The number of aliphatic hydroxyl groups is 1. The molecule has 0 aliphatic carbocycles. The van der Waals surface area contributed by atoms with E-state index in [1.807, 2.05) is 24.6 Å². The van der Waals surface area contributed by atoms with E-state index in [-0.39, 0.29) is 19.0 Å². The van der Waals surface area contributed by atoms with Gasteiger partial charge in [0.15, 0.2) is 0 Å². The summed E-state index contributed by atoms with van der Waals surface area (Å²) in [7, 11) is 0. The van der Waals surface area contributed by atoms with Crippen LogP contribution in [0.15, 0.2) is 30.3 Å². The largest absolute Gasteiger partial charge is 0.395 e. The zero-order valence-electron chi connectivity index (χ0n) is 12.5. The number of benzene rings is 1. The van der Waals surface area contributed by atoms with Gasteiger partial charge in [-0.15, -0.1) is 0 Å². The fraction of sp³-hybridized carbons (Fsp3) is 0.438. The van der Waals surface area contributed by atoms with Crippen LogP contribution in [0.3, 0.4) is 0 Å². The quantitative estimate of drug-likeness (QED) is 0.852. The van der Waals surface area contributed by atoms with Gasteiger partial charge in [-0.1, -0.05) is 18.2 Å². The van der Waals surface area contributed by atoms with E-state index in [1.54, 1.807) is 18.2 Å². The topological polar surface area (TPSA) is 64.1 Å². The number of halogens is 1. The Balaban J connectivity index is 2.45. The van der Waals surface area contributed by atoms with E-state index in [0.29, 0.717) is 12.0 Å². The molecule has 2 rings (SSSR count). The first-order valence-electron chi connectivity index (χ1n) is 7.15. The van der Waals surface area contributed by atoms with Crippen molar-refractivity contribution in [3.05, 3.63) is 53.1 Å². The lowest BCUT2D eigenvalue weighted by Gasteiger charge is -2.31. The molecule has 1 heterocycles. The van der Waals surface area contributed by atoms with Crippen LogP contribution in [0.5, 0.6) is 0 Å². The van der Waals surface area contributed by atoms with E-state index in [2.05, 4.69) is 5.10 Å². The Morgan fingerprint density at radius 3 is 2.67 bits per heavy atom. The average Bonchev–Trinajstić information content (AvgIpc) is 2.85. The summed E-state index contributed by atoms with van der Waals surface area (Å²) in [5.41, 5.74) is 7.40. The molecule has 1 aromatic heterocycles. The number of aliphatic hydroxyl groups excluding tert-OH is 1. The molecule has 0 saturated carbocycles. The third kappa shape index (κ3) is 2.99. The first-order valence-corrected chi connectivity index (χ1v) is 7.15. The molecule has 4 nitrogen and oxygen atoms in total. The molecule has 0 aliphatic heterocycles. The molecule has 0 spiro atoms. The van der Waals surface area contributed by atoms with Crippen LogP contribution >= 0.6 is 0 Å². The van der Waals surface area contributed by atoms with Crippen molar-refractivity contribution in [2.75, 3.05) is 13.2 Å². The number of aromatic nitrogens is 2. The van der Waals surface area contributed by atoms with Gasteiger partial charge in [-0.2, -0.15) is 5.10 Å². The van der Waals surface area contributed by atoms with Crippen molar-refractivity contribution >= 4 is 0 Å². The van der Waals surface area contributed by atoms with Crippen LogP contribution < -0.4 is 5.73 Å². The highest BCUT2D eigenvalue weighted by Crippen LogP contribution is 2.29. The van der Waals surface area contributed by atoms with Crippen molar-refractivity contribution in [1.29, 1.82) is 0 Å². The van der Waals surface area contributed by atoms with Gasteiger partial charge in [0.05, 0.1) is 12.3 Å². The highest BCUT2D eigenvalue weighted by molar-refractivity contribution is 5.30. The lowest BCUT2D eigenvalue weighted by molar-refractivity contribution is 0.190. The summed E-state index contributed by atoms with van der Waals surface area (Å²) in [5, 5.41) is 14.3. The lowest BCUT2D eigenvalue weighted by Crippen LogP contribution is -2.42. The first kappa shape index (κ1) is 15.7. The SMILES string of the molecule is CCn1nc(C)cc1CC(CN)(CO)c1ccccc1F.